The molecule has 106 valence electrons. The van der Waals surface area contributed by atoms with Gasteiger partial charge in [0.05, 0.1) is 17.3 Å². The van der Waals surface area contributed by atoms with Crippen LogP contribution in [-0.2, 0) is 0 Å². The van der Waals surface area contributed by atoms with Crippen molar-refractivity contribution in [2.24, 2.45) is 0 Å². The molecule has 1 N–H and O–H groups in total. The fraction of sp³-hybridized carbons (Fsp3) is 0.200. The van der Waals surface area contributed by atoms with Crippen LogP contribution in [0.5, 0.6) is 11.5 Å². The molecule has 2 rings (SSSR count). The Bertz CT molecular complexity index is 578. The molecule has 0 saturated carbocycles. The van der Waals surface area contributed by atoms with Gasteiger partial charge >= 0.3 is 0 Å². The minimum atomic E-state index is -0.266. The van der Waals surface area contributed by atoms with Crippen molar-refractivity contribution < 1.29 is 13.9 Å². The third-order valence-electron chi connectivity index (χ3n) is 2.69. The van der Waals surface area contributed by atoms with Crippen molar-refractivity contribution in [1.82, 2.24) is 0 Å². The van der Waals surface area contributed by atoms with E-state index < -0.39 is 0 Å². The first-order valence-corrected chi connectivity index (χ1v) is 6.95. The molecule has 0 aliphatic heterocycles. The maximum atomic E-state index is 13.4. The number of methoxy groups -OCH3 is 1. The summed E-state index contributed by atoms with van der Waals surface area (Å²) in [7, 11) is 1.61. The molecule has 0 spiro atoms. The number of hydrogen-bond acceptors (Lipinski definition) is 3. The van der Waals surface area contributed by atoms with Crippen LogP contribution in [0.4, 0.5) is 10.1 Å². The molecule has 3 nitrogen and oxygen atoms in total. The second kappa shape index (κ2) is 7.14. The molecule has 0 saturated heterocycles. The molecule has 2 aromatic rings. The fourth-order valence-corrected chi connectivity index (χ4v) is 2.15. The zero-order valence-corrected chi connectivity index (χ0v) is 12.6. The molecule has 0 fully saturated rings. The molecule has 20 heavy (non-hydrogen) atoms. The molecular formula is C15H15BrFNO2. The topological polar surface area (TPSA) is 30.5 Å². The third-order valence-corrected chi connectivity index (χ3v) is 3.31. The van der Waals surface area contributed by atoms with Gasteiger partial charge in [-0.2, -0.15) is 0 Å². The average molecular weight is 340 g/mol. The van der Waals surface area contributed by atoms with E-state index in [1.54, 1.807) is 25.3 Å². The molecule has 0 aromatic heterocycles. The molecule has 5 heteroatoms. The number of hydrogen-bond donors (Lipinski definition) is 1. The summed E-state index contributed by atoms with van der Waals surface area (Å²) >= 11 is 3.41. The van der Waals surface area contributed by atoms with Crippen LogP contribution in [-0.4, -0.2) is 20.3 Å². The van der Waals surface area contributed by atoms with Crippen LogP contribution in [0.2, 0.25) is 0 Å². The predicted molar refractivity (Wildman–Crippen MR) is 81.1 cm³/mol. The first-order chi connectivity index (χ1) is 9.70. The maximum absolute atomic E-state index is 13.4. The van der Waals surface area contributed by atoms with Gasteiger partial charge in [-0.1, -0.05) is 12.1 Å². The van der Waals surface area contributed by atoms with E-state index in [-0.39, 0.29) is 5.82 Å². The molecule has 2 aromatic carbocycles. The number of benzene rings is 2. The van der Waals surface area contributed by atoms with Crippen LogP contribution in [0.15, 0.2) is 46.9 Å². The van der Waals surface area contributed by atoms with Crippen LogP contribution in [0.1, 0.15) is 0 Å². The van der Waals surface area contributed by atoms with Crippen LogP contribution >= 0.6 is 15.9 Å². The molecule has 0 heterocycles. The lowest BCUT2D eigenvalue weighted by Gasteiger charge is -2.11. The molecule has 0 amide bonds. The minimum absolute atomic E-state index is 0.266. The summed E-state index contributed by atoms with van der Waals surface area (Å²) in [4.78, 5) is 0. The zero-order valence-electron chi connectivity index (χ0n) is 11.0. The van der Waals surface area contributed by atoms with Gasteiger partial charge in [0.15, 0.2) is 0 Å². The van der Waals surface area contributed by atoms with E-state index in [0.29, 0.717) is 18.8 Å². The van der Waals surface area contributed by atoms with E-state index in [0.717, 1.165) is 16.0 Å². The third kappa shape index (κ3) is 3.87. The Kier molecular flexibility index (Phi) is 5.24. The quantitative estimate of drug-likeness (QED) is 0.804. The van der Waals surface area contributed by atoms with E-state index in [4.69, 9.17) is 9.47 Å². The van der Waals surface area contributed by atoms with Crippen LogP contribution in [0, 0.1) is 5.82 Å². The van der Waals surface area contributed by atoms with E-state index in [9.17, 15) is 4.39 Å². The van der Waals surface area contributed by atoms with E-state index in [1.165, 1.54) is 6.07 Å². The Morgan fingerprint density at radius 1 is 1.20 bits per heavy atom. The van der Waals surface area contributed by atoms with Gasteiger partial charge in [-0.15, -0.1) is 0 Å². The lowest BCUT2D eigenvalue weighted by Crippen LogP contribution is -2.12. The largest absolute Gasteiger partial charge is 0.497 e. The minimum Gasteiger partial charge on any atom is -0.497 e. The molecule has 0 atom stereocenters. The van der Waals surface area contributed by atoms with Gasteiger partial charge in [0.1, 0.15) is 23.9 Å². The van der Waals surface area contributed by atoms with Crippen molar-refractivity contribution in [1.29, 1.82) is 0 Å². The molecule has 0 bridgehead atoms. The zero-order chi connectivity index (χ0) is 14.4. The highest BCUT2D eigenvalue weighted by molar-refractivity contribution is 9.10. The Morgan fingerprint density at radius 2 is 2.00 bits per heavy atom. The van der Waals surface area contributed by atoms with Crippen molar-refractivity contribution in [3.8, 4) is 11.5 Å². The first-order valence-electron chi connectivity index (χ1n) is 6.15. The van der Waals surface area contributed by atoms with Crippen molar-refractivity contribution in [3.05, 3.63) is 52.8 Å². The highest BCUT2D eigenvalue weighted by Crippen LogP contribution is 2.29. The van der Waals surface area contributed by atoms with Crippen molar-refractivity contribution in [2.45, 2.75) is 0 Å². The van der Waals surface area contributed by atoms with Crippen LogP contribution in [0.3, 0.4) is 0 Å². The van der Waals surface area contributed by atoms with Crippen molar-refractivity contribution >= 4 is 21.6 Å². The normalized spacial score (nSPS) is 10.2. The van der Waals surface area contributed by atoms with E-state index in [1.807, 2.05) is 18.2 Å². The summed E-state index contributed by atoms with van der Waals surface area (Å²) < 4.78 is 24.9. The lowest BCUT2D eigenvalue weighted by molar-refractivity contribution is 0.329. The summed E-state index contributed by atoms with van der Waals surface area (Å²) in [5, 5.41) is 2.99. The number of nitrogens with one attached hydrogen (secondary N) is 1. The van der Waals surface area contributed by atoms with Crippen LogP contribution in [0.25, 0.3) is 0 Å². The highest BCUT2D eigenvalue weighted by atomic mass is 79.9. The van der Waals surface area contributed by atoms with Gasteiger partial charge in [0.2, 0.25) is 0 Å². The van der Waals surface area contributed by atoms with Crippen molar-refractivity contribution in [3.63, 3.8) is 0 Å². The number of para-hydroxylation sites is 1. The average Bonchev–Trinajstić information content (AvgIpc) is 2.46. The summed E-state index contributed by atoms with van der Waals surface area (Å²) in [6, 6.07) is 12.0. The number of anilines is 1. The molecule has 0 aliphatic carbocycles. The van der Waals surface area contributed by atoms with Gasteiger partial charge in [-0.05, 0) is 46.3 Å². The molecule has 0 radical (unpaired) electrons. The van der Waals surface area contributed by atoms with Crippen LogP contribution < -0.4 is 14.8 Å². The monoisotopic (exact) mass is 339 g/mol. The van der Waals surface area contributed by atoms with Gasteiger partial charge in [0, 0.05) is 6.54 Å². The Morgan fingerprint density at radius 3 is 2.70 bits per heavy atom. The predicted octanol–water partition coefficient (Wildman–Crippen LogP) is 4.09. The molecule has 0 unspecified atom stereocenters. The van der Waals surface area contributed by atoms with Gasteiger partial charge in [-0.25, -0.2) is 4.39 Å². The Labute approximate surface area is 125 Å². The number of rotatable bonds is 6. The highest BCUT2D eigenvalue weighted by Gasteiger charge is 2.03. The number of halogens is 2. The fourth-order valence-electron chi connectivity index (χ4n) is 1.68. The Hall–Kier alpha value is -1.75. The summed E-state index contributed by atoms with van der Waals surface area (Å²) in [6.45, 7) is 0.943. The summed E-state index contributed by atoms with van der Waals surface area (Å²) in [5.41, 5.74) is 0.477. The SMILES string of the molecule is COc1ccc(OCCNc2ccccc2F)c(Br)c1. The summed E-state index contributed by atoms with van der Waals surface area (Å²) in [6.07, 6.45) is 0. The standard InChI is InChI=1S/C15H15BrFNO2/c1-19-11-6-7-15(12(16)10-11)20-9-8-18-14-5-3-2-4-13(14)17/h2-7,10,18H,8-9H2,1H3. The molecular weight excluding hydrogens is 325 g/mol. The molecule has 0 aliphatic rings. The Balaban J connectivity index is 1.83. The van der Waals surface area contributed by atoms with E-state index in [2.05, 4.69) is 21.2 Å². The van der Waals surface area contributed by atoms with E-state index >= 15 is 0 Å². The second-order valence-electron chi connectivity index (χ2n) is 4.05. The van der Waals surface area contributed by atoms with Gasteiger partial charge in [0.25, 0.3) is 0 Å². The lowest BCUT2D eigenvalue weighted by atomic mass is 10.3. The second-order valence-corrected chi connectivity index (χ2v) is 4.91. The van der Waals surface area contributed by atoms with Crippen molar-refractivity contribution in [2.75, 3.05) is 25.6 Å². The smallest absolute Gasteiger partial charge is 0.146 e. The summed E-state index contributed by atoms with van der Waals surface area (Å²) in [5.74, 6) is 1.22. The van der Waals surface area contributed by atoms with Gasteiger partial charge < -0.3 is 14.8 Å². The first kappa shape index (κ1) is 14.7. The number of ether oxygens (including phenoxy) is 2. The maximum Gasteiger partial charge on any atom is 0.146 e. The van der Waals surface area contributed by atoms with Gasteiger partial charge in [-0.3, -0.25) is 0 Å².